The maximum Gasteiger partial charge on any atom is 0.101 e. The lowest BCUT2D eigenvalue weighted by Gasteiger charge is -2.07. The smallest absolute Gasteiger partial charge is 0.101 e. The summed E-state index contributed by atoms with van der Waals surface area (Å²) in [6, 6.07) is 12.8. The van der Waals surface area contributed by atoms with Crippen LogP contribution in [0.5, 0.6) is 0 Å². The van der Waals surface area contributed by atoms with Crippen LogP contribution in [-0.2, 0) is 0 Å². The highest BCUT2D eigenvalue weighted by molar-refractivity contribution is 6.30. The number of nitrogens with zero attached hydrogens (tertiary/aromatic N) is 3. The van der Waals surface area contributed by atoms with Crippen molar-refractivity contribution in [2.45, 2.75) is 0 Å². The van der Waals surface area contributed by atoms with Gasteiger partial charge in [0.1, 0.15) is 12.4 Å². The van der Waals surface area contributed by atoms with Gasteiger partial charge in [-0.05, 0) is 36.4 Å². The lowest BCUT2D eigenvalue weighted by atomic mass is 10.2. The highest BCUT2D eigenvalue weighted by Gasteiger charge is 2.09. The first-order chi connectivity index (χ1) is 9.19. The van der Waals surface area contributed by atoms with Crippen molar-refractivity contribution >= 4 is 28.3 Å². The maximum absolute atomic E-state index is 9.18. The van der Waals surface area contributed by atoms with Crippen molar-refractivity contribution in [2.24, 2.45) is 0 Å². The fraction of sp³-hybridized carbons (Fsp3) is 0. The van der Waals surface area contributed by atoms with Gasteiger partial charge in [0.25, 0.3) is 0 Å². The molecular weight excluding hydrogens is 260 g/mol. The first-order valence-corrected chi connectivity index (χ1v) is 5.99. The minimum atomic E-state index is 0.542. The second-order valence-electron chi connectivity index (χ2n) is 4.14. The van der Waals surface area contributed by atoms with E-state index in [-0.39, 0.29) is 0 Å². The Morgan fingerprint density at radius 3 is 2.84 bits per heavy atom. The van der Waals surface area contributed by atoms with Gasteiger partial charge in [-0.3, -0.25) is 4.57 Å². The van der Waals surface area contributed by atoms with Gasteiger partial charge >= 0.3 is 0 Å². The van der Waals surface area contributed by atoms with E-state index >= 15 is 0 Å². The predicted octanol–water partition coefficient (Wildman–Crippen LogP) is 3.13. The standard InChI is InChI=1S/C14H9ClN4/c15-10-2-1-9(7-16)14(5-10)19-8-18-12-6-11(17)3-4-13(12)19/h1-6,8H,17H2. The van der Waals surface area contributed by atoms with E-state index in [2.05, 4.69) is 11.1 Å². The number of halogens is 1. The quantitative estimate of drug-likeness (QED) is 0.690. The van der Waals surface area contributed by atoms with E-state index in [1.807, 2.05) is 10.6 Å². The van der Waals surface area contributed by atoms with E-state index in [1.165, 1.54) is 0 Å². The minimum absolute atomic E-state index is 0.542. The highest BCUT2D eigenvalue weighted by Crippen LogP contribution is 2.24. The maximum atomic E-state index is 9.18. The first kappa shape index (κ1) is 11.6. The van der Waals surface area contributed by atoms with Crippen molar-refractivity contribution < 1.29 is 0 Å². The number of benzene rings is 2. The third-order valence-corrected chi connectivity index (χ3v) is 3.15. The molecule has 19 heavy (non-hydrogen) atoms. The molecule has 0 amide bonds. The second-order valence-corrected chi connectivity index (χ2v) is 4.57. The number of aromatic nitrogens is 2. The minimum Gasteiger partial charge on any atom is -0.399 e. The van der Waals surface area contributed by atoms with Crippen molar-refractivity contribution in [3.63, 3.8) is 0 Å². The van der Waals surface area contributed by atoms with Gasteiger partial charge in [-0.25, -0.2) is 4.98 Å². The lowest BCUT2D eigenvalue weighted by Crippen LogP contribution is -1.96. The number of hydrogen-bond donors (Lipinski definition) is 1. The summed E-state index contributed by atoms with van der Waals surface area (Å²) in [6.45, 7) is 0. The van der Waals surface area contributed by atoms with E-state index in [1.54, 1.807) is 36.7 Å². The second kappa shape index (κ2) is 4.30. The van der Waals surface area contributed by atoms with E-state index in [0.29, 0.717) is 22.0 Å². The van der Waals surface area contributed by atoms with Gasteiger partial charge < -0.3 is 5.73 Å². The van der Waals surface area contributed by atoms with Crippen LogP contribution in [-0.4, -0.2) is 9.55 Å². The van der Waals surface area contributed by atoms with Crippen LogP contribution in [0.1, 0.15) is 5.56 Å². The van der Waals surface area contributed by atoms with Crippen molar-refractivity contribution in [3.8, 4) is 11.8 Å². The Balaban J connectivity index is 2.31. The van der Waals surface area contributed by atoms with Crippen molar-refractivity contribution in [3.05, 3.63) is 53.3 Å². The van der Waals surface area contributed by atoms with Crippen molar-refractivity contribution in [2.75, 3.05) is 5.73 Å². The Bertz CT molecular complexity index is 814. The molecule has 3 rings (SSSR count). The zero-order valence-electron chi connectivity index (χ0n) is 9.84. The molecule has 2 N–H and O–H groups in total. The van der Waals surface area contributed by atoms with Crippen LogP contribution in [0.3, 0.4) is 0 Å². The summed E-state index contributed by atoms with van der Waals surface area (Å²) in [5.41, 5.74) is 9.30. The topological polar surface area (TPSA) is 67.6 Å². The highest BCUT2D eigenvalue weighted by atomic mass is 35.5. The van der Waals surface area contributed by atoms with Gasteiger partial charge in [0, 0.05) is 10.7 Å². The SMILES string of the molecule is N#Cc1ccc(Cl)cc1-n1cnc2cc(N)ccc21. The lowest BCUT2D eigenvalue weighted by molar-refractivity contribution is 1.08. The Hall–Kier alpha value is -2.51. The Morgan fingerprint density at radius 1 is 1.21 bits per heavy atom. The largest absolute Gasteiger partial charge is 0.399 e. The van der Waals surface area contributed by atoms with Crippen molar-refractivity contribution in [1.82, 2.24) is 9.55 Å². The van der Waals surface area contributed by atoms with Gasteiger partial charge in [0.05, 0.1) is 22.3 Å². The number of nitrogens with two attached hydrogens (primary N) is 1. The Morgan fingerprint density at radius 2 is 2.05 bits per heavy atom. The number of rotatable bonds is 1. The molecular formula is C14H9ClN4. The van der Waals surface area contributed by atoms with E-state index < -0.39 is 0 Å². The molecule has 0 fully saturated rings. The summed E-state index contributed by atoms with van der Waals surface area (Å²) in [5, 5.41) is 9.75. The Kier molecular flexibility index (Phi) is 2.62. The fourth-order valence-electron chi connectivity index (χ4n) is 2.02. The van der Waals surface area contributed by atoms with Gasteiger partial charge in [-0.2, -0.15) is 5.26 Å². The van der Waals surface area contributed by atoms with Gasteiger partial charge in [0.2, 0.25) is 0 Å². The molecule has 2 aromatic carbocycles. The first-order valence-electron chi connectivity index (χ1n) is 5.61. The molecule has 1 heterocycles. The van der Waals surface area contributed by atoms with E-state index in [0.717, 1.165) is 11.0 Å². The average Bonchev–Trinajstić information content (AvgIpc) is 2.81. The molecule has 0 aliphatic heterocycles. The zero-order chi connectivity index (χ0) is 13.4. The zero-order valence-corrected chi connectivity index (χ0v) is 10.6. The van der Waals surface area contributed by atoms with E-state index in [4.69, 9.17) is 17.3 Å². The molecule has 0 atom stereocenters. The number of nitriles is 1. The monoisotopic (exact) mass is 268 g/mol. The molecule has 0 saturated carbocycles. The molecule has 4 nitrogen and oxygen atoms in total. The van der Waals surface area contributed by atoms with Crippen LogP contribution >= 0.6 is 11.6 Å². The van der Waals surface area contributed by atoms with Crippen LogP contribution in [0.2, 0.25) is 5.02 Å². The molecule has 3 aromatic rings. The normalized spacial score (nSPS) is 10.5. The summed E-state index contributed by atoms with van der Waals surface area (Å²) in [7, 11) is 0. The number of imidazole rings is 1. The molecule has 92 valence electrons. The molecule has 5 heteroatoms. The summed E-state index contributed by atoms with van der Waals surface area (Å²) >= 11 is 6.00. The molecule has 0 aliphatic carbocycles. The summed E-state index contributed by atoms with van der Waals surface area (Å²) < 4.78 is 1.83. The molecule has 1 aromatic heterocycles. The molecule has 0 spiro atoms. The van der Waals surface area contributed by atoms with Crippen LogP contribution in [0.15, 0.2) is 42.7 Å². The summed E-state index contributed by atoms with van der Waals surface area (Å²) in [4.78, 5) is 4.29. The number of hydrogen-bond acceptors (Lipinski definition) is 3. The molecule has 0 unspecified atom stereocenters. The van der Waals surface area contributed by atoms with Gasteiger partial charge in [0.15, 0.2) is 0 Å². The Labute approximate surface area is 114 Å². The third kappa shape index (κ3) is 1.90. The summed E-state index contributed by atoms with van der Waals surface area (Å²) in [5.74, 6) is 0. The molecule has 0 radical (unpaired) electrons. The summed E-state index contributed by atoms with van der Waals surface area (Å²) in [6.07, 6.45) is 1.66. The average molecular weight is 269 g/mol. The van der Waals surface area contributed by atoms with Crippen LogP contribution in [0, 0.1) is 11.3 Å². The third-order valence-electron chi connectivity index (χ3n) is 2.91. The number of fused-ring (bicyclic) bond motifs is 1. The fourth-order valence-corrected chi connectivity index (χ4v) is 2.19. The number of nitrogen functional groups attached to an aromatic ring is 1. The van der Waals surface area contributed by atoms with E-state index in [9.17, 15) is 5.26 Å². The predicted molar refractivity (Wildman–Crippen MR) is 75.2 cm³/mol. The van der Waals surface area contributed by atoms with Crippen molar-refractivity contribution in [1.29, 1.82) is 5.26 Å². The molecule has 0 saturated heterocycles. The van der Waals surface area contributed by atoms with Gasteiger partial charge in [-0.15, -0.1) is 0 Å². The van der Waals surface area contributed by atoms with Crippen LogP contribution in [0.25, 0.3) is 16.7 Å². The van der Waals surface area contributed by atoms with Gasteiger partial charge in [-0.1, -0.05) is 11.6 Å². The molecule has 0 bridgehead atoms. The van der Waals surface area contributed by atoms with Crippen LogP contribution in [0.4, 0.5) is 5.69 Å². The molecule has 0 aliphatic rings. The van der Waals surface area contributed by atoms with Crippen LogP contribution < -0.4 is 5.73 Å². The number of anilines is 1.